The van der Waals surface area contributed by atoms with Gasteiger partial charge < -0.3 is 10.2 Å². The highest BCUT2D eigenvalue weighted by atomic mass is 16.2. The van der Waals surface area contributed by atoms with Crippen LogP contribution < -0.4 is 5.32 Å². The van der Waals surface area contributed by atoms with E-state index in [0.717, 1.165) is 37.1 Å². The zero-order valence-corrected chi connectivity index (χ0v) is 13.9. The fourth-order valence-corrected chi connectivity index (χ4v) is 5.31. The topological polar surface area (TPSA) is 68.5 Å². The number of amides is 1. The van der Waals surface area contributed by atoms with Gasteiger partial charge in [0.1, 0.15) is 6.04 Å². The predicted octanol–water partition coefficient (Wildman–Crippen LogP) is 1.74. The Labute approximate surface area is 138 Å². The Balaban J connectivity index is 1.28. The number of hydrogen-bond donors (Lipinski definition) is 1. The number of nitrogens with one attached hydrogen (secondary N) is 1. The molecule has 2 unspecified atom stereocenters. The van der Waals surface area contributed by atoms with Crippen molar-refractivity contribution in [3.8, 4) is 6.07 Å². The first-order valence-electron chi connectivity index (χ1n) is 9.05. The highest BCUT2D eigenvalue weighted by Gasteiger charge is 2.49. The number of carbonyl (C=O) groups is 1. The van der Waals surface area contributed by atoms with Crippen molar-refractivity contribution in [3.63, 3.8) is 0 Å². The van der Waals surface area contributed by atoms with Gasteiger partial charge in [0.2, 0.25) is 5.91 Å². The van der Waals surface area contributed by atoms with Gasteiger partial charge >= 0.3 is 0 Å². The van der Waals surface area contributed by atoms with Gasteiger partial charge in [-0.3, -0.25) is 9.79 Å². The van der Waals surface area contributed by atoms with Crippen LogP contribution in [0.2, 0.25) is 0 Å². The summed E-state index contributed by atoms with van der Waals surface area (Å²) >= 11 is 0. The monoisotopic (exact) mass is 314 g/mol. The minimum Gasteiger partial charge on any atom is -0.326 e. The Kier molecular flexibility index (Phi) is 3.68. The predicted molar refractivity (Wildman–Crippen MR) is 88.0 cm³/mol. The Morgan fingerprint density at radius 3 is 2.70 bits per heavy atom. The molecule has 1 amide bonds. The molecule has 5 heteroatoms. The second-order valence-electron chi connectivity index (χ2n) is 8.24. The smallest absolute Gasteiger partial charge is 0.237 e. The number of carbonyl (C=O) groups excluding carboxylic acids is 1. The van der Waals surface area contributed by atoms with E-state index in [9.17, 15) is 4.79 Å². The van der Waals surface area contributed by atoms with Gasteiger partial charge in [-0.25, -0.2) is 0 Å². The number of aliphatic imine (C=N–C) groups is 1. The van der Waals surface area contributed by atoms with Crippen molar-refractivity contribution in [2.45, 2.75) is 63.1 Å². The van der Waals surface area contributed by atoms with E-state index in [0.29, 0.717) is 12.6 Å². The molecular weight excluding hydrogens is 288 g/mol. The van der Waals surface area contributed by atoms with E-state index in [1.54, 1.807) is 4.90 Å². The van der Waals surface area contributed by atoms with Gasteiger partial charge in [-0.2, -0.15) is 5.26 Å². The maximum atomic E-state index is 12.4. The average molecular weight is 314 g/mol. The number of rotatable bonds is 4. The quantitative estimate of drug-likeness (QED) is 0.859. The molecule has 0 radical (unpaired) electrons. The minimum absolute atomic E-state index is 0.0856. The van der Waals surface area contributed by atoms with Crippen LogP contribution in [0.25, 0.3) is 0 Å². The molecule has 1 N–H and O–H groups in total. The van der Waals surface area contributed by atoms with Crippen molar-refractivity contribution in [3.05, 3.63) is 0 Å². The number of nitriles is 1. The van der Waals surface area contributed by atoms with Gasteiger partial charge in [-0.05, 0) is 63.2 Å². The van der Waals surface area contributed by atoms with E-state index in [1.165, 1.54) is 25.7 Å². The molecule has 2 aliphatic heterocycles. The molecule has 0 aromatic heterocycles. The number of likely N-dealkylation sites (tertiary alicyclic amines) is 1. The van der Waals surface area contributed by atoms with Gasteiger partial charge in [-0.15, -0.1) is 0 Å². The van der Waals surface area contributed by atoms with E-state index < -0.39 is 0 Å². The molecule has 23 heavy (non-hydrogen) atoms. The second-order valence-corrected chi connectivity index (χ2v) is 8.24. The third kappa shape index (κ3) is 2.89. The lowest BCUT2D eigenvalue weighted by atomic mass is 9.91. The fourth-order valence-electron chi connectivity index (χ4n) is 5.31. The van der Waals surface area contributed by atoms with E-state index in [4.69, 9.17) is 5.26 Å². The summed E-state index contributed by atoms with van der Waals surface area (Å²) in [6.45, 7) is 3.39. The van der Waals surface area contributed by atoms with E-state index in [2.05, 4.69) is 29.5 Å². The molecule has 1 saturated heterocycles. The van der Waals surface area contributed by atoms with Crippen LogP contribution in [0, 0.1) is 29.1 Å². The fraction of sp³-hybridized carbons (Fsp3) is 0.833. The Hall–Kier alpha value is -1.41. The first-order chi connectivity index (χ1) is 11.1. The molecule has 124 valence electrons. The van der Waals surface area contributed by atoms with Crippen LogP contribution in [0.15, 0.2) is 4.99 Å². The van der Waals surface area contributed by atoms with Gasteiger partial charge in [0.15, 0.2) is 0 Å². The third-order valence-corrected chi connectivity index (χ3v) is 6.50. The van der Waals surface area contributed by atoms with Crippen molar-refractivity contribution in [1.29, 1.82) is 5.26 Å². The molecule has 2 heterocycles. The van der Waals surface area contributed by atoms with Crippen molar-refractivity contribution in [2.24, 2.45) is 22.7 Å². The summed E-state index contributed by atoms with van der Waals surface area (Å²) in [5.41, 5.74) is 0.0856. The zero-order chi connectivity index (χ0) is 16.0. The highest BCUT2D eigenvalue weighted by Crippen LogP contribution is 2.52. The van der Waals surface area contributed by atoms with E-state index >= 15 is 0 Å². The number of fused-ring (bicyclic) bond motifs is 1. The van der Waals surface area contributed by atoms with E-state index in [-0.39, 0.29) is 17.5 Å². The van der Waals surface area contributed by atoms with E-state index in [1.807, 2.05) is 0 Å². The van der Waals surface area contributed by atoms with Gasteiger partial charge in [0.25, 0.3) is 0 Å². The molecule has 5 nitrogen and oxygen atoms in total. The van der Waals surface area contributed by atoms with Gasteiger partial charge in [-0.1, -0.05) is 0 Å². The Morgan fingerprint density at radius 1 is 1.39 bits per heavy atom. The number of hydrogen-bond acceptors (Lipinski definition) is 4. The summed E-state index contributed by atoms with van der Waals surface area (Å²) in [6, 6.07) is 2.60. The summed E-state index contributed by atoms with van der Waals surface area (Å²) < 4.78 is 0. The summed E-state index contributed by atoms with van der Waals surface area (Å²) in [5.74, 6) is 2.49. The largest absolute Gasteiger partial charge is 0.326 e. The normalized spacial score (nSPS) is 44.3. The van der Waals surface area contributed by atoms with Crippen LogP contribution in [0.5, 0.6) is 0 Å². The molecule has 6 atom stereocenters. The number of nitrogens with zero attached hydrogens (tertiary/aromatic N) is 3. The molecule has 4 rings (SSSR count). The van der Waals surface area contributed by atoms with Crippen molar-refractivity contribution >= 4 is 12.1 Å². The van der Waals surface area contributed by atoms with Crippen LogP contribution in [-0.4, -0.2) is 47.7 Å². The standard InChI is InChI=1S/C18H26N4O/c1-18(21-11-17(23)22-4-2-3-15(22)9-19)7-13-5-12(16-10-20-16)6-14(13)8-18/h10,12-16,21H,2-8,11H2,1H3/t12?,13-,14+,15-,16?,18-/m0/s1. The Bertz CT molecular complexity index is 546. The summed E-state index contributed by atoms with van der Waals surface area (Å²) in [6.07, 6.45) is 8.85. The summed E-state index contributed by atoms with van der Waals surface area (Å²) in [5, 5.41) is 12.7. The van der Waals surface area contributed by atoms with Crippen LogP contribution >= 0.6 is 0 Å². The van der Waals surface area contributed by atoms with Gasteiger partial charge in [0, 0.05) is 18.3 Å². The molecule has 0 bridgehead atoms. The second kappa shape index (κ2) is 5.59. The molecule has 0 aromatic rings. The first-order valence-corrected chi connectivity index (χ1v) is 9.05. The van der Waals surface area contributed by atoms with Crippen molar-refractivity contribution < 1.29 is 4.79 Å². The molecule has 0 spiro atoms. The van der Waals surface area contributed by atoms with Crippen LogP contribution in [0.1, 0.15) is 45.4 Å². The highest BCUT2D eigenvalue weighted by molar-refractivity contribution is 5.79. The zero-order valence-electron chi connectivity index (χ0n) is 13.9. The van der Waals surface area contributed by atoms with Crippen molar-refractivity contribution in [2.75, 3.05) is 13.1 Å². The lowest BCUT2D eigenvalue weighted by Crippen LogP contribution is -2.48. The Morgan fingerprint density at radius 2 is 2.09 bits per heavy atom. The first kappa shape index (κ1) is 15.1. The van der Waals surface area contributed by atoms with Crippen LogP contribution in [0.3, 0.4) is 0 Å². The molecular formula is C18H26N4O. The maximum absolute atomic E-state index is 12.4. The summed E-state index contributed by atoms with van der Waals surface area (Å²) in [4.78, 5) is 18.5. The maximum Gasteiger partial charge on any atom is 0.237 e. The molecule has 2 aliphatic carbocycles. The minimum atomic E-state index is -0.209. The SMILES string of the molecule is C[C@@]1(NCC(=O)N2CCC[C@H]2C#N)C[C@H]2CC(C3C=N3)C[C@H]2C1. The molecule has 4 aliphatic rings. The average Bonchev–Trinajstić information content (AvgIpc) is 3.01. The lowest BCUT2D eigenvalue weighted by Gasteiger charge is -2.29. The van der Waals surface area contributed by atoms with Crippen LogP contribution in [0.4, 0.5) is 0 Å². The third-order valence-electron chi connectivity index (χ3n) is 6.50. The van der Waals surface area contributed by atoms with Crippen molar-refractivity contribution in [1.82, 2.24) is 10.2 Å². The van der Waals surface area contributed by atoms with Crippen LogP contribution in [-0.2, 0) is 4.79 Å². The molecule has 2 saturated carbocycles. The summed E-state index contributed by atoms with van der Waals surface area (Å²) in [7, 11) is 0. The molecule has 0 aromatic carbocycles. The lowest BCUT2D eigenvalue weighted by molar-refractivity contribution is -0.130. The van der Waals surface area contributed by atoms with Gasteiger partial charge in [0.05, 0.1) is 18.7 Å². The molecule has 3 fully saturated rings.